The molecule has 0 atom stereocenters. The molecule has 0 aliphatic heterocycles. The Kier molecular flexibility index (Phi) is 14.0. The molecule has 0 spiro atoms. The van der Waals surface area contributed by atoms with Crippen molar-refractivity contribution >= 4 is 52.4 Å². The molecule has 0 aromatic heterocycles. The fraction of sp³-hybridized carbons (Fsp3) is 0.323. The molecule has 3 aromatic carbocycles. The molecule has 0 heterocycles. The summed E-state index contributed by atoms with van der Waals surface area (Å²) in [4.78, 5) is 26.6. The van der Waals surface area contributed by atoms with Gasteiger partial charge in [0.25, 0.3) is 0 Å². The van der Waals surface area contributed by atoms with Gasteiger partial charge in [0.15, 0.2) is 5.96 Å². The van der Waals surface area contributed by atoms with Gasteiger partial charge in [-0.1, -0.05) is 0 Å². The van der Waals surface area contributed by atoms with Crippen LogP contribution in [0.5, 0.6) is 11.5 Å². The zero-order chi connectivity index (χ0) is 37.1. The first-order valence-corrected chi connectivity index (χ1v) is 16.0. The number of thioether (sulfide) groups is 1. The maximum Gasteiger partial charge on any atom is 0.416 e. The number of benzene rings is 3. The number of nitrogens with zero attached hydrogens (tertiary/aromatic N) is 1. The summed E-state index contributed by atoms with van der Waals surface area (Å²) >= 11 is 0.991. The van der Waals surface area contributed by atoms with Gasteiger partial charge in [-0.2, -0.15) is 26.3 Å². The molecule has 0 bridgehead atoms. The van der Waals surface area contributed by atoms with Gasteiger partial charge in [-0.25, -0.2) is 4.79 Å². The third-order valence-corrected chi connectivity index (χ3v) is 7.84. The van der Waals surface area contributed by atoms with Crippen molar-refractivity contribution in [3.8, 4) is 11.5 Å². The van der Waals surface area contributed by atoms with Gasteiger partial charge in [-0.15, -0.1) is 11.8 Å². The summed E-state index contributed by atoms with van der Waals surface area (Å²) in [5.74, 6) is -0.787. The normalized spacial score (nSPS) is 11.5. The van der Waals surface area contributed by atoms with Crippen LogP contribution < -0.4 is 48.5 Å². The van der Waals surface area contributed by atoms with Crippen LogP contribution >= 0.6 is 11.8 Å². The summed E-state index contributed by atoms with van der Waals surface area (Å²) in [6.45, 7) is 0.782. The quantitative estimate of drug-likeness (QED) is 0.0296. The number of anilines is 4. The second-order valence-corrected chi connectivity index (χ2v) is 11.7. The largest absolute Gasteiger partial charge is 0.457 e. The topological polar surface area (TPSA) is 211 Å². The third kappa shape index (κ3) is 11.6. The highest BCUT2D eigenvalue weighted by atomic mass is 32.2. The molecule has 0 saturated heterocycles. The number of rotatable bonds is 16. The first kappa shape index (κ1) is 39.6. The Morgan fingerprint density at radius 3 is 2.08 bits per heavy atom. The predicted octanol–water partition coefficient (Wildman–Crippen LogP) is 5.75. The second kappa shape index (κ2) is 17.7. The highest BCUT2D eigenvalue weighted by Crippen LogP contribution is 2.45. The summed E-state index contributed by atoms with van der Waals surface area (Å²) in [5.41, 5.74) is 19.5. The lowest BCUT2D eigenvalue weighted by molar-refractivity contribution is -0.138. The molecule has 0 saturated carbocycles. The van der Waals surface area contributed by atoms with E-state index in [-0.39, 0.29) is 76.9 Å². The van der Waals surface area contributed by atoms with E-state index in [0.717, 1.165) is 40.9 Å². The number of halogens is 6. The number of carbonyl (C=O) groups is 2. The number of nitrogens with two attached hydrogens (primary N) is 4. The minimum atomic E-state index is -4.90. The van der Waals surface area contributed by atoms with Crippen LogP contribution in [0.4, 0.5) is 53.9 Å². The highest BCUT2D eigenvalue weighted by molar-refractivity contribution is 7.99. The van der Waals surface area contributed by atoms with Crippen molar-refractivity contribution in [3.05, 3.63) is 65.7 Å². The molecule has 3 aromatic rings. The van der Waals surface area contributed by atoms with Crippen molar-refractivity contribution in [3.63, 3.8) is 0 Å². The van der Waals surface area contributed by atoms with Crippen molar-refractivity contribution in [2.24, 2.45) is 22.9 Å². The summed E-state index contributed by atoms with van der Waals surface area (Å²) in [6.07, 6.45) is -8.86. The molecular formula is C31H37F6N9O3S. The first-order valence-electron chi connectivity index (χ1n) is 15.0. The number of guanidine groups is 1. The van der Waals surface area contributed by atoms with Crippen LogP contribution in [0.15, 0.2) is 59.5 Å². The van der Waals surface area contributed by atoms with Crippen LogP contribution in [-0.4, -0.2) is 49.8 Å². The fourth-order valence-corrected chi connectivity index (χ4v) is 5.41. The number of alkyl halides is 6. The van der Waals surface area contributed by atoms with Crippen LogP contribution in [0.3, 0.4) is 0 Å². The highest BCUT2D eigenvalue weighted by Gasteiger charge is 2.35. The maximum absolute atomic E-state index is 14.1. The molecule has 272 valence electrons. The maximum atomic E-state index is 14.1. The van der Waals surface area contributed by atoms with Crippen LogP contribution in [-0.2, 0) is 17.1 Å². The summed E-state index contributed by atoms with van der Waals surface area (Å²) in [7, 11) is 0. The van der Waals surface area contributed by atoms with Crippen molar-refractivity contribution in [2.45, 2.75) is 36.5 Å². The fourth-order valence-electron chi connectivity index (χ4n) is 4.52. The van der Waals surface area contributed by atoms with Crippen LogP contribution in [0, 0.1) is 5.41 Å². The van der Waals surface area contributed by atoms with Gasteiger partial charge in [-0.05, 0) is 61.4 Å². The van der Waals surface area contributed by atoms with Crippen molar-refractivity contribution in [1.82, 2.24) is 5.32 Å². The Bertz CT molecular complexity index is 1640. The van der Waals surface area contributed by atoms with E-state index in [1.165, 1.54) is 30.3 Å². The molecule has 50 heavy (non-hydrogen) atoms. The first-order chi connectivity index (χ1) is 23.5. The Morgan fingerprint density at radius 1 is 0.840 bits per heavy atom. The van der Waals surface area contributed by atoms with E-state index in [0.29, 0.717) is 19.4 Å². The number of urea groups is 1. The minimum Gasteiger partial charge on any atom is -0.457 e. The molecule has 12 N–H and O–H groups in total. The SMILES string of the molecule is N=C(N)NCCCCC(=O)Nc1cc(C(F)(F)F)cc(N(C(N)=O)c2ccc(Oc3cc(NCCN)cc(C(F)(F)F)c3)cc2)c1SCCN. The Morgan fingerprint density at radius 2 is 1.50 bits per heavy atom. The molecule has 0 unspecified atom stereocenters. The van der Waals surface area contributed by atoms with E-state index < -0.39 is 35.4 Å². The van der Waals surface area contributed by atoms with Crippen LogP contribution in [0.1, 0.15) is 30.4 Å². The number of amides is 3. The number of unbranched alkanes of at least 4 members (excludes halogenated alkanes) is 1. The van der Waals surface area contributed by atoms with Gasteiger partial charge in [0.05, 0.1) is 33.1 Å². The number of hydrogen-bond donors (Lipinski definition) is 8. The average Bonchev–Trinajstić information content (AvgIpc) is 3.02. The van der Waals surface area contributed by atoms with Crippen LogP contribution in [0.2, 0.25) is 0 Å². The molecule has 0 radical (unpaired) electrons. The Balaban J connectivity index is 2.01. The molecule has 19 heteroatoms. The predicted molar refractivity (Wildman–Crippen MR) is 181 cm³/mol. The lowest BCUT2D eigenvalue weighted by Gasteiger charge is -2.26. The molecule has 3 rings (SSSR count). The Labute approximate surface area is 287 Å². The molecular weight excluding hydrogens is 692 g/mol. The molecule has 0 fully saturated rings. The van der Waals surface area contributed by atoms with E-state index in [2.05, 4.69) is 16.0 Å². The van der Waals surface area contributed by atoms with Gasteiger partial charge in [-0.3, -0.25) is 15.1 Å². The molecule has 12 nitrogen and oxygen atoms in total. The number of carbonyl (C=O) groups excluding carboxylic acids is 2. The van der Waals surface area contributed by atoms with Gasteiger partial charge in [0, 0.05) is 50.1 Å². The zero-order valence-electron chi connectivity index (χ0n) is 26.5. The second-order valence-electron chi connectivity index (χ2n) is 10.6. The molecule has 3 amide bonds. The lowest BCUT2D eigenvalue weighted by Crippen LogP contribution is -2.32. The number of nitrogens with one attached hydrogen (secondary N) is 4. The molecule has 0 aliphatic rings. The monoisotopic (exact) mass is 729 g/mol. The van der Waals surface area contributed by atoms with E-state index in [4.69, 9.17) is 33.1 Å². The zero-order valence-corrected chi connectivity index (χ0v) is 27.3. The number of hydrogen-bond acceptors (Lipinski definition) is 8. The number of ether oxygens (including phenoxy) is 1. The smallest absolute Gasteiger partial charge is 0.416 e. The minimum absolute atomic E-state index is 0.0108. The standard InChI is InChI=1S/C31H37F6N9O3S/c32-30(33,34)18-13-20(43-11-8-38)17-23(14-18)49-22-6-4-21(5-7-22)46(29(42)48)25-16-19(31(35,36)37)15-24(27(25)50-12-9-39)45-26(47)3-1-2-10-44-28(40)41/h4-7,13-17,43H,1-3,8-12,38-39H2,(H2,42,48)(H,45,47)(H4,40,41,44). The summed E-state index contributed by atoms with van der Waals surface area (Å²) in [6, 6.07) is 8.47. The van der Waals surface area contributed by atoms with E-state index in [9.17, 15) is 35.9 Å². The third-order valence-electron chi connectivity index (χ3n) is 6.68. The van der Waals surface area contributed by atoms with E-state index in [1.807, 2.05) is 0 Å². The van der Waals surface area contributed by atoms with Crippen molar-refractivity contribution in [2.75, 3.05) is 47.5 Å². The van der Waals surface area contributed by atoms with E-state index in [1.54, 1.807) is 0 Å². The average molecular weight is 730 g/mol. The number of primary amides is 1. The van der Waals surface area contributed by atoms with Crippen molar-refractivity contribution < 1.29 is 40.7 Å². The van der Waals surface area contributed by atoms with Gasteiger partial charge in [0.2, 0.25) is 5.91 Å². The van der Waals surface area contributed by atoms with Gasteiger partial charge < -0.3 is 43.6 Å². The Hall–Kier alpha value is -4.88. The van der Waals surface area contributed by atoms with Gasteiger partial charge in [0.1, 0.15) is 11.5 Å². The summed E-state index contributed by atoms with van der Waals surface area (Å²) < 4.78 is 88.7. The van der Waals surface area contributed by atoms with Gasteiger partial charge >= 0.3 is 18.4 Å². The lowest BCUT2D eigenvalue weighted by atomic mass is 10.1. The van der Waals surface area contributed by atoms with E-state index >= 15 is 0 Å². The van der Waals surface area contributed by atoms with Crippen LogP contribution in [0.25, 0.3) is 0 Å². The molecule has 0 aliphatic carbocycles. The van der Waals surface area contributed by atoms with Crippen molar-refractivity contribution in [1.29, 1.82) is 5.41 Å². The summed E-state index contributed by atoms with van der Waals surface area (Å²) in [5, 5.41) is 15.0.